The molecule has 0 aliphatic rings. The summed E-state index contributed by atoms with van der Waals surface area (Å²) in [6.07, 6.45) is 7.61. The van der Waals surface area contributed by atoms with Crippen molar-refractivity contribution in [3.63, 3.8) is 0 Å². The van der Waals surface area contributed by atoms with E-state index in [0.29, 0.717) is 0 Å². The number of pyridine rings is 1. The number of nitrogens with one attached hydrogen (secondary N) is 2. The molecule has 0 aliphatic heterocycles. The van der Waals surface area contributed by atoms with Gasteiger partial charge in [-0.05, 0) is 47.9 Å². The minimum atomic E-state index is -0.360. The number of ether oxygens (including phenoxy) is 2. The number of nitrogens with zero attached hydrogens (tertiary/aromatic N) is 1. The van der Waals surface area contributed by atoms with E-state index in [1.165, 1.54) is 29.7 Å². The standard InChI is InChI=1S/C27H27N3O3/c1-32-25-14-16-29-18-23(25)27-22(21-5-3-4-6-24(21)30-27)13-15-28-17-20-9-7-19(8-10-20)11-12-26(31)33-2/h3-12,14,16,18,28,30H,13,15,17H2,1-2H3/b12-11+. The minimum absolute atomic E-state index is 0.360. The maximum Gasteiger partial charge on any atom is 0.330 e. The SMILES string of the molecule is COC(=O)/C=C/c1ccc(CNCCc2c(-c3cnccc3OC)[nH]c3ccccc23)cc1. The number of carbonyl (C=O) groups is 1. The van der Waals surface area contributed by atoms with E-state index in [4.69, 9.17) is 4.74 Å². The minimum Gasteiger partial charge on any atom is -0.496 e. The highest BCUT2D eigenvalue weighted by Gasteiger charge is 2.16. The number of fused-ring (bicyclic) bond motifs is 1. The van der Waals surface area contributed by atoms with E-state index in [2.05, 4.69) is 50.4 Å². The van der Waals surface area contributed by atoms with Gasteiger partial charge in [0.1, 0.15) is 5.75 Å². The van der Waals surface area contributed by atoms with Gasteiger partial charge in [-0.2, -0.15) is 0 Å². The number of aromatic amines is 1. The zero-order chi connectivity index (χ0) is 23.0. The fourth-order valence-electron chi connectivity index (χ4n) is 3.86. The molecule has 0 radical (unpaired) electrons. The van der Waals surface area contributed by atoms with Gasteiger partial charge in [-0.3, -0.25) is 4.98 Å². The number of hydrogen-bond acceptors (Lipinski definition) is 5. The van der Waals surface area contributed by atoms with Gasteiger partial charge in [-0.15, -0.1) is 0 Å². The van der Waals surface area contributed by atoms with E-state index >= 15 is 0 Å². The third kappa shape index (κ3) is 5.30. The summed E-state index contributed by atoms with van der Waals surface area (Å²) >= 11 is 0. The van der Waals surface area contributed by atoms with E-state index in [-0.39, 0.29) is 5.97 Å². The molecule has 0 atom stereocenters. The molecule has 2 aromatic carbocycles. The first kappa shape index (κ1) is 22.3. The second-order valence-electron chi connectivity index (χ2n) is 7.62. The quantitative estimate of drug-likeness (QED) is 0.223. The molecule has 6 heteroatoms. The van der Waals surface area contributed by atoms with Crippen molar-refractivity contribution in [2.45, 2.75) is 13.0 Å². The summed E-state index contributed by atoms with van der Waals surface area (Å²) in [4.78, 5) is 19.1. The van der Waals surface area contributed by atoms with Crippen LogP contribution in [0.1, 0.15) is 16.7 Å². The van der Waals surface area contributed by atoms with Gasteiger partial charge in [0.15, 0.2) is 0 Å². The molecule has 2 heterocycles. The van der Waals surface area contributed by atoms with Gasteiger partial charge >= 0.3 is 5.97 Å². The van der Waals surface area contributed by atoms with Gasteiger partial charge in [0.2, 0.25) is 0 Å². The molecule has 2 aromatic heterocycles. The van der Waals surface area contributed by atoms with E-state index in [0.717, 1.165) is 47.6 Å². The zero-order valence-corrected chi connectivity index (χ0v) is 18.8. The normalized spacial score (nSPS) is 11.2. The topological polar surface area (TPSA) is 76.2 Å². The van der Waals surface area contributed by atoms with Gasteiger partial charge < -0.3 is 19.8 Å². The fourth-order valence-corrected chi connectivity index (χ4v) is 3.86. The maximum absolute atomic E-state index is 11.2. The van der Waals surface area contributed by atoms with Crippen LogP contribution in [0.15, 0.2) is 73.1 Å². The van der Waals surface area contributed by atoms with Crippen LogP contribution in [0.5, 0.6) is 5.75 Å². The molecular formula is C27H27N3O3. The number of methoxy groups -OCH3 is 2. The van der Waals surface area contributed by atoms with Crippen molar-refractivity contribution in [1.29, 1.82) is 0 Å². The van der Waals surface area contributed by atoms with Crippen LogP contribution in [0.3, 0.4) is 0 Å². The molecule has 0 aliphatic carbocycles. The van der Waals surface area contributed by atoms with Gasteiger partial charge in [0.05, 0.1) is 25.5 Å². The van der Waals surface area contributed by atoms with E-state index in [1.807, 2.05) is 30.5 Å². The van der Waals surface area contributed by atoms with Crippen molar-refractivity contribution < 1.29 is 14.3 Å². The lowest BCUT2D eigenvalue weighted by molar-refractivity contribution is -0.134. The smallest absolute Gasteiger partial charge is 0.330 e. The van der Waals surface area contributed by atoms with E-state index in [9.17, 15) is 4.79 Å². The number of hydrogen-bond donors (Lipinski definition) is 2. The molecule has 4 rings (SSSR count). The van der Waals surface area contributed by atoms with Crippen LogP contribution in [0.25, 0.3) is 28.2 Å². The van der Waals surface area contributed by atoms with Crippen LogP contribution >= 0.6 is 0 Å². The Morgan fingerprint density at radius 1 is 1.09 bits per heavy atom. The summed E-state index contributed by atoms with van der Waals surface area (Å²) < 4.78 is 10.2. The lowest BCUT2D eigenvalue weighted by Crippen LogP contribution is -2.16. The molecule has 0 amide bonds. The van der Waals surface area contributed by atoms with E-state index in [1.54, 1.807) is 19.4 Å². The molecule has 33 heavy (non-hydrogen) atoms. The third-order valence-corrected chi connectivity index (χ3v) is 5.56. The van der Waals surface area contributed by atoms with Crippen LogP contribution in [0.4, 0.5) is 0 Å². The fraction of sp³-hybridized carbons (Fsp3) is 0.185. The van der Waals surface area contributed by atoms with Crippen molar-refractivity contribution >= 4 is 22.9 Å². The van der Waals surface area contributed by atoms with E-state index < -0.39 is 0 Å². The molecule has 0 unspecified atom stereocenters. The van der Waals surface area contributed by atoms with Crippen LogP contribution in [0.2, 0.25) is 0 Å². The average molecular weight is 442 g/mol. The van der Waals surface area contributed by atoms with Gasteiger partial charge in [-0.25, -0.2) is 4.79 Å². The largest absolute Gasteiger partial charge is 0.496 e. The highest BCUT2D eigenvalue weighted by Crippen LogP contribution is 2.35. The number of aromatic nitrogens is 2. The molecule has 0 spiro atoms. The number of rotatable bonds is 9. The summed E-state index contributed by atoms with van der Waals surface area (Å²) in [5.74, 6) is 0.438. The van der Waals surface area contributed by atoms with Crippen molar-refractivity contribution in [2.75, 3.05) is 20.8 Å². The number of esters is 1. The second-order valence-corrected chi connectivity index (χ2v) is 7.62. The van der Waals surface area contributed by atoms with Crippen molar-refractivity contribution in [3.8, 4) is 17.0 Å². The Labute approximate surface area is 193 Å². The molecule has 4 aromatic rings. The summed E-state index contributed by atoms with van der Waals surface area (Å²) in [5, 5.41) is 4.75. The molecule has 0 saturated carbocycles. The Bertz CT molecular complexity index is 1260. The van der Waals surface area contributed by atoms with Crippen LogP contribution in [-0.4, -0.2) is 36.7 Å². The number of H-pyrrole nitrogens is 1. The molecule has 0 bridgehead atoms. The molecular weight excluding hydrogens is 414 g/mol. The maximum atomic E-state index is 11.2. The number of benzene rings is 2. The van der Waals surface area contributed by atoms with Crippen LogP contribution in [0, 0.1) is 0 Å². The number of para-hydroxylation sites is 1. The summed E-state index contributed by atoms with van der Waals surface area (Å²) in [6, 6.07) is 18.3. The van der Waals surface area contributed by atoms with Crippen molar-refractivity contribution in [3.05, 3.63) is 89.8 Å². The monoisotopic (exact) mass is 441 g/mol. The predicted molar refractivity (Wildman–Crippen MR) is 131 cm³/mol. The Morgan fingerprint density at radius 3 is 2.70 bits per heavy atom. The second kappa shape index (κ2) is 10.6. The first-order chi connectivity index (χ1) is 16.2. The molecule has 2 N–H and O–H groups in total. The first-order valence-electron chi connectivity index (χ1n) is 10.8. The summed E-state index contributed by atoms with van der Waals surface area (Å²) in [5.41, 5.74) is 6.49. The van der Waals surface area contributed by atoms with Crippen molar-refractivity contribution in [2.24, 2.45) is 0 Å². The first-order valence-corrected chi connectivity index (χ1v) is 10.8. The molecule has 168 valence electrons. The van der Waals surface area contributed by atoms with Gasteiger partial charge in [0.25, 0.3) is 0 Å². The van der Waals surface area contributed by atoms with Crippen molar-refractivity contribution in [1.82, 2.24) is 15.3 Å². The van der Waals surface area contributed by atoms with Gasteiger partial charge in [0, 0.05) is 35.9 Å². The third-order valence-electron chi connectivity index (χ3n) is 5.56. The Kier molecular flexibility index (Phi) is 7.17. The predicted octanol–water partition coefficient (Wildman–Crippen LogP) is 4.76. The van der Waals surface area contributed by atoms with Crippen LogP contribution < -0.4 is 10.1 Å². The molecule has 0 saturated heterocycles. The molecule has 0 fully saturated rings. The summed E-state index contributed by atoms with van der Waals surface area (Å²) in [6.45, 7) is 1.58. The highest BCUT2D eigenvalue weighted by atomic mass is 16.5. The Hall–Kier alpha value is -3.90. The Balaban J connectivity index is 1.45. The summed E-state index contributed by atoms with van der Waals surface area (Å²) in [7, 11) is 3.05. The lowest BCUT2D eigenvalue weighted by Gasteiger charge is -2.10. The average Bonchev–Trinajstić information content (AvgIpc) is 3.24. The van der Waals surface area contributed by atoms with Gasteiger partial charge in [-0.1, -0.05) is 42.5 Å². The Morgan fingerprint density at radius 2 is 1.91 bits per heavy atom. The highest BCUT2D eigenvalue weighted by molar-refractivity contribution is 5.91. The lowest BCUT2D eigenvalue weighted by atomic mass is 10.0. The zero-order valence-electron chi connectivity index (χ0n) is 18.8. The van der Waals surface area contributed by atoms with Crippen LogP contribution in [-0.2, 0) is 22.5 Å². The molecule has 6 nitrogen and oxygen atoms in total. The number of carbonyl (C=O) groups excluding carboxylic acids is 1.